The van der Waals surface area contributed by atoms with E-state index in [0.29, 0.717) is 0 Å². The van der Waals surface area contributed by atoms with Gasteiger partial charge in [-0.25, -0.2) is 0 Å². The molecule has 0 aromatic rings. The third-order valence-corrected chi connectivity index (χ3v) is 4.59. The summed E-state index contributed by atoms with van der Waals surface area (Å²) in [4.78, 5) is 0. The number of nitrogens with zero attached hydrogens (tertiary/aromatic N) is 1. The second-order valence-electron chi connectivity index (χ2n) is 5.92. The van der Waals surface area contributed by atoms with Gasteiger partial charge in [-0.05, 0) is 32.1 Å². The molecule has 0 aliphatic rings. The summed E-state index contributed by atoms with van der Waals surface area (Å²) in [7, 11) is 0. The molecule has 0 spiro atoms. The molecule has 0 rings (SSSR count). The lowest BCUT2D eigenvalue weighted by molar-refractivity contribution is -0.952. The molecule has 0 aromatic carbocycles. The van der Waals surface area contributed by atoms with Crippen LogP contribution in [0.1, 0.15) is 86.0 Å². The van der Waals surface area contributed by atoms with Gasteiger partial charge in [0.05, 0.1) is 25.7 Å². The van der Waals surface area contributed by atoms with E-state index in [9.17, 15) is 0 Å². The summed E-state index contributed by atoms with van der Waals surface area (Å²) < 4.78 is 1.42. The first kappa shape index (κ1) is 18.0. The molecule has 0 fully saturated rings. The molecule has 0 amide bonds. The molecule has 1 nitrogen and oxygen atoms in total. The molecule has 18 heavy (non-hydrogen) atoms. The highest BCUT2D eigenvalue weighted by molar-refractivity contribution is 4.59. The van der Waals surface area contributed by atoms with Crippen LogP contribution < -0.4 is 0 Å². The van der Waals surface area contributed by atoms with Crippen molar-refractivity contribution >= 4 is 0 Å². The van der Waals surface area contributed by atoms with E-state index in [1.807, 2.05) is 0 Å². The first-order chi connectivity index (χ1) is 8.70. The minimum absolute atomic E-state index is 0.898. The molecule has 0 N–H and O–H groups in total. The minimum Gasteiger partial charge on any atom is -0.321 e. The SMILES string of the molecule is CCCC[N+](CCCC)(CCCC)C(CC)CC. The third-order valence-electron chi connectivity index (χ3n) is 4.59. The topological polar surface area (TPSA) is 0 Å². The van der Waals surface area contributed by atoms with Crippen LogP contribution in [0, 0.1) is 0 Å². The van der Waals surface area contributed by atoms with Gasteiger partial charge < -0.3 is 4.48 Å². The van der Waals surface area contributed by atoms with E-state index in [2.05, 4.69) is 34.6 Å². The second-order valence-corrected chi connectivity index (χ2v) is 5.92. The van der Waals surface area contributed by atoms with E-state index in [4.69, 9.17) is 0 Å². The molecule has 1 heteroatoms. The van der Waals surface area contributed by atoms with Crippen molar-refractivity contribution in [3.8, 4) is 0 Å². The Labute approximate surface area is 117 Å². The van der Waals surface area contributed by atoms with Gasteiger partial charge >= 0.3 is 0 Å². The first-order valence-electron chi connectivity index (χ1n) is 8.56. The van der Waals surface area contributed by atoms with Crippen molar-refractivity contribution in [3.05, 3.63) is 0 Å². The van der Waals surface area contributed by atoms with Gasteiger partial charge in [0.2, 0.25) is 0 Å². The van der Waals surface area contributed by atoms with E-state index >= 15 is 0 Å². The predicted molar refractivity (Wildman–Crippen MR) is 84.0 cm³/mol. The Morgan fingerprint density at radius 1 is 0.611 bits per heavy atom. The zero-order valence-corrected chi connectivity index (χ0v) is 13.8. The van der Waals surface area contributed by atoms with Gasteiger partial charge in [-0.15, -0.1) is 0 Å². The molecule has 0 saturated carbocycles. The number of unbranched alkanes of at least 4 members (excludes halogenated alkanes) is 3. The average Bonchev–Trinajstić information content (AvgIpc) is 2.41. The van der Waals surface area contributed by atoms with Crippen molar-refractivity contribution in [1.82, 2.24) is 0 Å². The fraction of sp³-hybridized carbons (Fsp3) is 1.00. The van der Waals surface area contributed by atoms with Crippen LogP contribution >= 0.6 is 0 Å². The lowest BCUT2D eigenvalue weighted by Gasteiger charge is -2.45. The highest BCUT2D eigenvalue weighted by atomic mass is 15.4. The maximum Gasteiger partial charge on any atom is 0.0884 e. The molecule has 0 bridgehead atoms. The Hall–Kier alpha value is -0.0400. The van der Waals surface area contributed by atoms with Crippen LogP contribution in [0.25, 0.3) is 0 Å². The Morgan fingerprint density at radius 3 is 1.17 bits per heavy atom. The summed E-state index contributed by atoms with van der Waals surface area (Å²) in [5, 5.41) is 0. The average molecular weight is 256 g/mol. The molecule has 0 saturated heterocycles. The first-order valence-corrected chi connectivity index (χ1v) is 8.56. The van der Waals surface area contributed by atoms with Crippen molar-refractivity contribution < 1.29 is 4.48 Å². The minimum atomic E-state index is 0.898. The lowest BCUT2D eigenvalue weighted by Crippen LogP contribution is -2.56. The largest absolute Gasteiger partial charge is 0.321 e. The van der Waals surface area contributed by atoms with E-state index in [1.165, 1.54) is 75.5 Å². The highest BCUT2D eigenvalue weighted by Crippen LogP contribution is 2.24. The standard InChI is InChI=1S/C17H38N/c1-6-11-14-18(15-12-7-2,16-13-8-3)17(9-4)10-5/h17H,6-16H2,1-5H3/q+1. The molecule has 0 radical (unpaired) electrons. The number of hydrogen-bond donors (Lipinski definition) is 0. The molecule has 0 aromatic heterocycles. The summed E-state index contributed by atoms with van der Waals surface area (Å²) in [6, 6.07) is 0.898. The summed E-state index contributed by atoms with van der Waals surface area (Å²) >= 11 is 0. The van der Waals surface area contributed by atoms with Gasteiger partial charge in [0, 0.05) is 0 Å². The van der Waals surface area contributed by atoms with Crippen LogP contribution in [0.15, 0.2) is 0 Å². The van der Waals surface area contributed by atoms with Gasteiger partial charge in [0.25, 0.3) is 0 Å². The lowest BCUT2D eigenvalue weighted by atomic mass is 10.0. The molecule has 0 aliphatic carbocycles. The molecule has 110 valence electrons. The fourth-order valence-electron chi connectivity index (χ4n) is 3.37. The highest BCUT2D eigenvalue weighted by Gasteiger charge is 2.32. The van der Waals surface area contributed by atoms with Crippen LogP contribution in [0.3, 0.4) is 0 Å². The molecule has 0 heterocycles. The van der Waals surface area contributed by atoms with Crippen LogP contribution in [-0.2, 0) is 0 Å². The fourth-order valence-corrected chi connectivity index (χ4v) is 3.37. The van der Waals surface area contributed by atoms with Gasteiger partial charge in [0.1, 0.15) is 0 Å². The van der Waals surface area contributed by atoms with Crippen LogP contribution in [0.2, 0.25) is 0 Å². The maximum absolute atomic E-state index is 2.39. The van der Waals surface area contributed by atoms with Crippen LogP contribution in [0.4, 0.5) is 0 Å². The summed E-state index contributed by atoms with van der Waals surface area (Å²) in [6.07, 6.45) is 11.0. The van der Waals surface area contributed by atoms with E-state index in [0.717, 1.165) is 6.04 Å². The quantitative estimate of drug-likeness (QED) is 0.411. The van der Waals surface area contributed by atoms with E-state index < -0.39 is 0 Å². The Kier molecular flexibility index (Phi) is 10.8. The zero-order chi connectivity index (χ0) is 13.9. The van der Waals surface area contributed by atoms with Gasteiger partial charge in [-0.3, -0.25) is 0 Å². The molecule has 0 atom stereocenters. The van der Waals surface area contributed by atoms with Gasteiger partial charge in [-0.2, -0.15) is 0 Å². The predicted octanol–water partition coefficient (Wildman–Crippen LogP) is 5.39. The van der Waals surface area contributed by atoms with Crippen LogP contribution in [-0.4, -0.2) is 30.2 Å². The third kappa shape index (κ3) is 5.73. The van der Waals surface area contributed by atoms with E-state index in [1.54, 1.807) is 0 Å². The normalized spacial score (nSPS) is 12.3. The Balaban J connectivity index is 4.82. The van der Waals surface area contributed by atoms with Crippen molar-refractivity contribution in [1.29, 1.82) is 0 Å². The molecule has 0 unspecified atom stereocenters. The summed E-state index contributed by atoms with van der Waals surface area (Å²) in [5.41, 5.74) is 0. The summed E-state index contributed by atoms with van der Waals surface area (Å²) in [6.45, 7) is 16.0. The molecular formula is C17H38N+. The van der Waals surface area contributed by atoms with Gasteiger partial charge in [-0.1, -0.05) is 53.9 Å². The Morgan fingerprint density at radius 2 is 0.944 bits per heavy atom. The number of quaternary nitrogens is 1. The van der Waals surface area contributed by atoms with Crippen LogP contribution in [0.5, 0.6) is 0 Å². The molecule has 0 aliphatic heterocycles. The maximum atomic E-state index is 2.39. The van der Waals surface area contributed by atoms with Gasteiger partial charge in [0.15, 0.2) is 0 Å². The summed E-state index contributed by atoms with van der Waals surface area (Å²) in [5.74, 6) is 0. The number of rotatable bonds is 12. The van der Waals surface area contributed by atoms with Crippen molar-refractivity contribution in [2.45, 2.75) is 92.0 Å². The van der Waals surface area contributed by atoms with Crippen molar-refractivity contribution in [2.75, 3.05) is 19.6 Å². The Bertz CT molecular complexity index is 151. The smallest absolute Gasteiger partial charge is 0.0884 e. The van der Waals surface area contributed by atoms with Crippen molar-refractivity contribution in [2.24, 2.45) is 0 Å². The monoisotopic (exact) mass is 256 g/mol. The van der Waals surface area contributed by atoms with Crippen molar-refractivity contribution in [3.63, 3.8) is 0 Å². The number of hydrogen-bond acceptors (Lipinski definition) is 0. The second kappa shape index (κ2) is 10.8. The molecular weight excluding hydrogens is 218 g/mol. The van der Waals surface area contributed by atoms with E-state index in [-0.39, 0.29) is 0 Å². The zero-order valence-electron chi connectivity index (χ0n) is 13.8.